The van der Waals surface area contributed by atoms with Crippen LogP contribution in [0.5, 0.6) is 0 Å². The first-order chi connectivity index (χ1) is 16.2. The van der Waals surface area contributed by atoms with E-state index in [1.165, 1.54) is 28.8 Å². The lowest BCUT2D eigenvalue weighted by atomic mass is 9.90. The fourth-order valence-electron chi connectivity index (χ4n) is 4.90. The lowest BCUT2D eigenvalue weighted by Gasteiger charge is -2.35. The molecular weight excluding hydrogens is 406 g/mol. The van der Waals surface area contributed by atoms with Crippen LogP contribution in [0.2, 0.25) is 0 Å². The molecule has 0 amide bonds. The number of aromatic nitrogens is 3. The van der Waals surface area contributed by atoms with E-state index in [1.807, 2.05) is 12.3 Å². The molecule has 5 heteroatoms. The molecule has 3 aromatic rings. The molecule has 1 aliphatic rings. The number of fused-ring (bicyclic) bond motifs is 2. The predicted octanol–water partition coefficient (Wildman–Crippen LogP) is 5.35. The van der Waals surface area contributed by atoms with Gasteiger partial charge in [0.15, 0.2) is 0 Å². The average Bonchev–Trinajstić information content (AvgIpc) is 3.19. The number of pyridine rings is 1. The number of hydrogen-bond donors (Lipinski definition) is 1. The lowest BCUT2D eigenvalue weighted by molar-refractivity contribution is 0.176. The Morgan fingerprint density at radius 1 is 1.27 bits per heavy atom. The molecule has 172 valence electrons. The van der Waals surface area contributed by atoms with Crippen LogP contribution in [0.15, 0.2) is 79.1 Å². The van der Waals surface area contributed by atoms with E-state index in [9.17, 15) is 0 Å². The van der Waals surface area contributed by atoms with Gasteiger partial charge in [-0.05, 0) is 68.5 Å². The summed E-state index contributed by atoms with van der Waals surface area (Å²) in [6.45, 7) is 9.11. The topological polar surface area (TPSA) is 60.0 Å². The number of imidazole rings is 1. The average molecular weight is 442 g/mol. The highest BCUT2D eigenvalue weighted by Gasteiger charge is 2.28. The summed E-state index contributed by atoms with van der Waals surface area (Å²) in [7, 11) is 0. The Labute approximate surface area is 197 Å². The normalized spacial score (nSPS) is 16.6. The van der Waals surface area contributed by atoms with Crippen LogP contribution in [-0.2, 0) is 19.5 Å². The third-order valence-corrected chi connectivity index (χ3v) is 6.37. The van der Waals surface area contributed by atoms with E-state index in [0.717, 1.165) is 50.2 Å². The van der Waals surface area contributed by atoms with Crippen molar-refractivity contribution in [2.45, 2.75) is 51.7 Å². The summed E-state index contributed by atoms with van der Waals surface area (Å²) in [5.41, 5.74) is 11.9. The van der Waals surface area contributed by atoms with Crippen molar-refractivity contribution in [2.75, 3.05) is 13.1 Å². The number of allylic oxidation sites excluding steroid dienone is 3. The zero-order valence-corrected chi connectivity index (χ0v) is 19.7. The van der Waals surface area contributed by atoms with E-state index in [2.05, 4.69) is 77.6 Å². The first-order valence-corrected chi connectivity index (χ1v) is 12.0. The van der Waals surface area contributed by atoms with Crippen molar-refractivity contribution in [1.82, 2.24) is 19.4 Å². The number of benzene rings is 1. The minimum absolute atomic E-state index is 0.260. The van der Waals surface area contributed by atoms with Crippen LogP contribution in [0.3, 0.4) is 0 Å². The molecule has 4 rings (SSSR count). The van der Waals surface area contributed by atoms with Crippen LogP contribution < -0.4 is 5.73 Å². The zero-order chi connectivity index (χ0) is 23.0. The molecule has 1 unspecified atom stereocenters. The molecule has 0 radical (unpaired) electrons. The van der Waals surface area contributed by atoms with Gasteiger partial charge in [-0.15, -0.1) is 0 Å². The summed E-state index contributed by atoms with van der Waals surface area (Å²) in [6.07, 6.45) is 14.5. The van der Waals surface area contributed by atoms with Crippen molar-refractivity contribution < 1.29 is 0 Å². The Hall–Kier alpha value is -3.02. The van der Waals surface area contributed by atoms with Gasteiger partial charge in [-0.2, -0.15) is 0 Å². The molecular formula is C28H35N5. The Balaban J connectivity index is 1.75. The van der Waals surface area contributed by atoms with Gasteiger partial charge in [0.1, 0.15) is 5.82 Å². The Bertz CT molecular complexity index is 1140. The van der Waals surface area contributed by atoms with Crippen LogP contribution in [0, 0.1) is 0 Å². The molecule has 1 aromatic carbocycles. The molecule has 5 nitrogen and oxygen atoms in total. The Morgan fingerprint density at radius 2 is 2.15 bits per heavy atom. The van der Waals surface area contributed by atoms with Gasteiger partial charge in [-0.1, -0.05) is 49.1 Å². The second kappa shape index (κ2) is 11.2. The molecule has 2 aromatic heterocycles. The van der Waals surface area contributed by atoms with Crippen molar-refractivity contribution in [3.8, 4) is 0 Å². The molecule has 0 saturated carbocycles. The second-order valence-corrected chi connectivity index (χ2v) is 8.65. The number of nitrogens with zero attached hydrogens (tertiary/aromatic N) is 4. The first-order valence-electron chi connectivity index (χ1n) is 12.0. The largest absolute Gasteiger partial charge is 0.330 e. The maximum atomic E-state index is 5.87. The molecule has 0 bridgehead atoms. The molecule has 2 N–H and O–H groups in total. The fraction of sp³-hybridized carbons (Fsp3) is 0.357. The third kappa shape index (κ3) is 5.32. The highest BCUT2D eigenvalue weighted by atomic mass is 15.2. The second-order valence-electron chi connectivity index (χ2n) is 8.65. The van der Waals surface area contributed by atoms with Crippen LogP contribution in [0.25, 0.3) is 11.0 Å². The molecule has 0 saturated heterocycles. The Kier molecular flexibility index (Phi) is 7.87. The summed E-state index contributed by atoms with van der Waals surface area (Å²) >= 11 is 0. The van der Waals surface area contributed by atoms with E-state index in [1.54, 1.807) is 0 Å². The molecule has 0 spiro atoms. The van der Waals surface area contributed by atoms with Crippen molar-refractivity contribution in [1.29, 1.82) is 0 Å². The van der Waals surface area contributed by atoms with E-state index in [4.69, 9.17) is 15.7 Å². The number of para-hydroxylation sites is 2. The third-order valence-electron chi connectivity index (χ3n) is 6.37. The predicted molar refractivity (Wildman–Crippen MR) is 137 cm³/mol. The van der Waals surface area contributed by atoms with Gasteiger partial charge in [0, 0.05) is 19.3 Å². The van der Waals surface area contributed by atoms with E-state index >= 15 is 0 Å². The summed E-state index contributed by atoms with van der Waals surface area (Å²) in [5.74, 6) is 1.09. The number of rotatable bonds is 10. The molecule has 1 aliphatic carbocycles. The molecule has 2 heterocycles. The minimum Gasteiger partial charge on any atom is -0.330 e. The van der Waals surface area contributed by atoms with Gasteiger partial charge in [-0.3, -0.25) is 9.88 Å². The van der Waals surface area contributed by atoms with Crippen molar-refractivity contribution >= 4 is 11.0 Å². The smallest absolute Gasteiger partial charge is 0.124 e. The van der Waals surface area contributed by atoms with Gasteiger partial charge in [0.2, 0.25) is 0 Å². The van der Waals surface area contributed by atoms with Crippen LogP contribution in [0.4, 0.5) is 0 Å². The summed E-state index contributed by atoms with van der Waals surface area (Å²) in [5, 5.41) is 0. The summed E-state index contributed by atoms with van der Waals surface area (Å²) in [6, 6.07) is 13.0. The first kappa shape index (κ1) is 23.1. The van der Waals surface area contributed by atoms with E-state index < -0.39 is 0 Å². The molecule has 33 heavy (non-hydrogen) atoms. The van der Waals surface area contributed by atoms with Crippen molar-refractivity contribution in [2.24, 2.45) is 5.73 Å². The monoisotopic (exact) mass is 441 g/mol. The van der Waals surface area contributed by atoms with Gasteiger partial charge in [0.05, 0.1) is 29.3 Å². The highest BCUT2D eigenvalue weighted by Crippen LogP contribution is 2.34. The SMILES string of the molecule is C=C/C=C(\C=C/C)CN(Cc1nc2ccccc2n1CCCN)C1CCCc2cccnc21. The summed E-state index contributed by atoms with van der Waals surface area (Å²) < 4.78 is 2.35. The fourth-order valence-corrected chi connectivity index (χ4v) is 4.90. The number of hydrogen-bond acceptors (Lipinski definition) is 4. The van der Waals surface area contributed by atoms with Crippen LogP contribution >= 0.6 is 0 Å². The van der Waals surface area contributed by atoms with Crippen molar-refractivity contribution in [3.63, 3.8) is 0 Å². The lowest BCUT2D eigenvalue weighted by Crippen LogP contribution is -2.34. The molecule has 0 aliphatic heterocycles. The van der Waals surface area contributed by atoms with E-state index in [0.29, 0.717) is 6.54 Å². The highest BCUT2D eigenvalue weighted by molar-refractivity contribution is 5.75. The molecule has 1 atom stereocenters. The Morgan fingerprint density at radius 3 is 2.97 bits per heavy atom. The zero-order valence-electron chi connectivity index (χ0n) is 19.7. The van der Waals surface area contributed by atoms with Crippen LogP contribution in [0.1, 0.15) is 49.3 Å². The van der Waals surface area contributed by atoms with Crippen LogP contribution in [-0.4, -0.2) is 32.5 Å². The van der Waals surface area contributed by atoms with Gasteiger partial charge >= 0.3 is 0 Å². The van der Waals surface area contributed by atoms with Gasteiger partial charge < -0.3 is 10.3 Å². The maximum Gasteiger partial charge on any atom is 0.124 e. The van der Waals surface area contributed by atoms with Gasteiger partial charge in [0.25, 0.3) is 0 Å². The number of nitrogens with two attached hydrogens (primary N) is 1. The standard InChI is InChI=1S/C28H35N5/c1-3-10-22(11-4-2)20-32(26-16-7-12-23-13-8-18-30-28(23)26)21-27-31-24-14-5-6-15-25(24)33(27)19-9-17-29/h3-6,8,10-11,13-15,18,26H,1,7,9,12,16-17,19-21,29H2,2H3/b11-4-,22-10+. The minimum atomic E-state index is 0.260. The van der Waals surface area contributed by atoms with E-state index in [-0.39, 0.29) is 6.04 Å². The maximum absolute atomic E-state index is 5.87. The number of aryl methyl sites for hydroxylation is 2. The molecule has 0 fully saturated rings. The van der Waals surface area contributed by atoms with Gasteiger partial charge in [-0.25, -0.2) is 4.98 Å². The van der Waals surface area contributed by atoms with Crippen molar-refractivity contribution in [3.05, 3.63) is 96.1 Å². The quantitative estimate of drug-likeness (QED) is 0.431. The summed E-state index contributed by atoms with van der Waals surface area (Å²) in [4.78, 5) is 12.4.